The van der Waals surface area contributed by atoms with Gasteiger partial charge in [-0.3, -0.25) is 0 Å². The Balaban J connectivity index is 1.82. The fraction of sp³-hybridized carbons (Fsp3) is 0.500. The van der Waals surface area contributed by atoms with Crippen LogP contribution in [0.4, 0.5) is 5.69 Å². The molecule has 0 bridgehead atoms. The second-order valence-electron chi connectivity index (χ2n) is 5.18. The molecule has 1 aromatic rings. The summed E-state index contributed by atoms with van der Waals surface area (Å²) in [6.45, 7) is 9.78. The molecule has 0 amide bonds. The molecule has 3 nitrogen and oxygen atoms in total. The Hall–Kier alpha value is -1.32. The highest BCUT2D eigenvalue weighted by Gasteiger charge is 2.10. The van der Waals surface area contributed by atoms with Gasteiger partial charge in [0.2, 0.25) is 0 Å². The Morgan fingerprint density at radius 2 is 1.89 bits per heavy atom. The fourth-order valence-electron chi connectivity index (χ4n) is 2.14. The quantitative estimate of drug-likeness (QED) is 0.650. The molecule has 1 fully saturated rings. The number of nitrogens with one attached hydrogen (secondary N) is 1. The van der Waals surface area contributed by atoms with Crippen LogP contribution in [0, 0.1) is 0 Å². The first-order chi connectivity index (χ1) is 9.25. The molecule has 1 N–H and O–H groups in total. The molecule has 0 atom stereocenters. The zero-order valence-electron chi connectivity index (χ0n) is 12.0. The van der Waals surface area contributed by atoms with Crippen LogP contribution in [-0.4, -0.2) is 32.8 Å². The fourth-order valence-corrected chi connectivity index (χ4v) is 2.14. The molecule has 104 valence electrons. The predicted molar refractivity (Wildman–Crippen MR) is 80.6 cm³/mol. The van der Waals surface area contributed by atoms with Gasteiger partial charge < -0.3 is 15.0 Å². The van der Waals surface area contributed by atoms with E-state index in [0.717, 1.165) is 39.4 Å². The number of hydrogen-bond acceptors (Lipinski definition) is 3. The number of ether oxygens (including phenoxy) is 1. The van der Waals surface area contributed by atoms with E-state index in [-0.39, 0.29) is 0 Å². The van der Waals surface area contributed by atoms with E-state index < -0.39 is 0 Å². The largest absolute Gasteiger partial charge is 0.378 e. The minimum Gasteiger partial charge on any atom is -0.378 e. The summed E-state index contributed by atoms with van der Waals surface area (Å²) in [6, 6.07) is 8.84. The van der Waals surface area contributed by atoms with Crippen LogP contribution in [0.3, 0.4) is 0 Å². The molecule has 1 aromatic carbocycles. The molecule has 0 aromatic heterocycles. The van der Waals surface area contributed by atoms with E-state index in [1.54, 1.807) is 0 Å². The summed E-state index contributed by atoms with van der Waals surface area (Å²) in [5.41, 5.74) is 3.99. The Morgan fingerprint density at radius 1 is 1.21 bits per heavy atom. The van der Waals surface area contributed by atoms with Crippen LogP contribution >= 0.6 is 0 Å². The van der Waals surface area contributed by atoms with Crippen molar-refractivity contribution in [2.45, 2.75) is 20.4 Å². The molecule has 2 rings (SSSR count). The van der Waals surface area contributed by atoms with Crippen LogP contribution in [0.15, 0.2) is 35.9 Å². The number of hydrogen-bond donors (Lipinski definition) is 1. The first-order valence-corrected chi connectivity index (χ1v) is 7.01. The maximum atomic E-state index is 5.37. The van der Waals surface area contributed by atoms with Crippen molar-refractivity contribution in [1.29, 1.82) is 0 Å². The van der Waals surface area contributed by atoms with Crippen molar-refractivity contribution >= 4 is 5.69 Å². The smallest absolute Gasteiger partial charge is 0.0642 e. The number of benzene rings is 1. The second kappa shape index (κ2) is 7.31. The van der Waals surface area contributed by atoms with Gasteiger partial charge in [-0.25, -0.2) is 0 Å². The molecule has 19 heavy (non-hydrogen) atoms. The Bertz CT molecular complexity index is 401. The number of allylic oxidation sites excluding steroid dienone is 1. The predicted octanol–water partition coefficient (Wildman–Crippen LogP) is 2.58. The van der Waals surface area contributed by atoms with Crippen LogP contribution < -0.4 is 10.2 Å². The number of rotatable bonds is 5. The molecular formula is C16H24N2O. The molecule has 0 spiro atoms. The highest BCUT2D eigenvalue weighted by Crippen LogP contribution is 2.16. The normalized spacial score (nSPS) is 15.4. The Kier molecular flexibility index (Phi) is 5.43. The van der Waals surface area contributed by atoms with Crippen molar-refractivity contribution in [1.82, 2.24) is 5.32 Å². The summed E-state index contributed by atoms with van der Waals surface area (Å²) in [5.74, 6) is 0. The van der Waals surface area contributed by atoms with Gasteiger partial charge in [-0.15, -0.1) is 0 Å². The third-order valence-corrected chi connectivity index (χ3v) is 3.30. The molecule has 1 aliphatic rings. The number of anilines is 1. The van der Waals surface area contributed by atoms with Gasteiger partial charge in [-0.1, -0.05) is 23.8 Å². The first-order valence-electron chi connectivity index (χ1n) is 7.01. The summed E-state index contributed by atoms with van der Waals surface area (Å²) in [4.78, 5) is 2.38. The van der Waals surface area contributed by atoms with Crippen LogP contribution in [0.5, 0.6) is 0 Å². The minimum absolute atomic E-state index is 0.839. The summed E-state index contributed by atoms with van der Waals surface area (Å²) < 4.78 is 5.37. The van der Waals surface area contributed by atoms with E-state index in [0.29, 0.717) is 0 Å². The molecule has 1 aliphatic heterocycles. The summed E-state index contributed by atoms with van der Waals surface area (Å²) in [5, 5.41) is 3.42. The van der Waals surface area contributed by atoms with Gasteiger partial charge in [0.05, 0.1) is 13.2 Å². The molecule has 1 heterocycles. The average molecular weight is 260 g/mol. The van der Waals surface area contributed by atoms with Gasteiger partial charge in [-0.05, 0) is 31.5 Å². The van der Waals surface area contributed by atoms with Crippen molar-refractivity contribution in [2.75, 3.05) is 37.7 Å². The highest BCUT2D eigenvalue weighted by molar-refractivity contribution is 5.47. The second-order valence-corrected chi connectivity index (χ2v) is 5.18. The van der Waals surface area contributed by atoms with Crippen molar-refractivity contribution < 1.29 is 4.74 Å². The highest BCUT2D eigenvalue weighted by atomic mass is 16.5. The van der Waals surface area contributed by atoms with Crippen LogP contribution in [0.1, 0.15) is 19.4 Å². The van der Waals surface area contributed by atoms with Gasteiger partial charge in [0.15, 0.2) is 0 Å². The number of nitrogens with zero attached hydrogens (tertiary/aromatic N) is 1. The SMILES string of the molecule is CC(C)=CCNCc1ccc(N2CCOCC2)cc1. The maximum Gasteiger partial charge on any atom is 0.0642 e. The van der Waals surface area contributed by atoms with E-state index in [9.17, 15) is 0 Å². The molecule has 0 radical (unpaired) electrons. The van der Waals surface area contributed by atoms with E-state index in [2.05, 4.69) is 54.4 Å². The van der Waals surface area contributed by atoms with Gasteiger partial charge in [0.25, 0.3) is 0 Å². The topological polar surface area (TPSA) is 24.5 Å². The summed E-state index contributed by atoms with van der Waals surface area (Å²) in [6.07, 6.45) is 2.21. The molecule has 3 heteroatoms. The van der Waals surface area contributed by atoms with Crippen LogP contribution in [0.2, 0.25) is 0 Å². The van der Waals surface area contributed by atoms with Crippen molar-refractivity contribution in [3.05, 3.63) is 41.5 Å². The molecule has 0 aliphatic carbocycles. The van der Waals surface area contributed by atoms with E-state index in [1.165, 1.54) is 16.8 Å². The molecule has 0 unspecified atom stereocenters. The van der Waals surface area contributed by atoms with Gasteiger partial charge in [0.1, 0.15) is 0 Å². The van der Waals surface area contributed by atoms with Crippen molar-refractivity contribution in [3.8, 4) is 0 Å². The van der Waals surface area contributed by atoms with Gasteiger partial charge >= 0.3 is 0 Å². The van der Waals surface area contributed by atoms with E-state index in [1.807, 2.05) is 0 Å². The van der Waals surface area contributed by atoms with Crippen LogP contribution in [0.25, 0.3) is 0 Å². The third-order valence-electron chi connectivity index (χ3n) is 3.30. The van der Waals surface area contributed by atoms with Crippen molar-refractivity contribution in [3.63, 3.8) is 0 Å². The standard InChI is InChI=1S/C16H24N2O/c1-14(2)7-8-17-13-15-3-5-16(6-4-15)18-9-11-19-12-10-18/h3-7,17H,8-13H2,1-2H3. The zero-order valence-corrected chi connectivity index (χ0v) is 12.0. The van der Waals surface area contributed by atoms with Crippen molar-refractivity contribution in [2.24, 2.45) is 0 Å². The maximum absolute atomic E-state index is 5.37. The minimum atomic E-state index is 0.839. The zero-order chi connectivity index (χ0) is 13.5. The lowest BCUT2D eigenvalue weighted by atomic mass is 10.2. The third kappa shape index (κ3) is 4.69. The van der Waals surface area contributed by atoms with Gasteiger partial charge in [-0.2, -0.15) is 0 Å². The average Bonchev–Trinajstić information content (AvgIpc) is 2.45. The lowest BCUT2D eigenvalue weighted by Gasteiger charge is -2.28. The summed E-state index contributed by atoms with van der Waals surface area (Å²) >= 11 is 0. The molecular weight excluding hydrogens is 236 g/mol. The van der Waals surface area contributed by atoms with E-state index in [4.69, 9.17) is 4.74 Å². The lowest BCUT2D eigenvalue weighted by molar-refractivity contribution is 0.122. The lowest BCUT2D eigenvalue weighted by Crippen LogP contribution is -2.36. The Labute approximate surface area is 116 Å². The summed E-state index contributed by atoms with van der Waals surface area (Å²) in [7, 11) is 0. The molecule has 1 saturated heterocycles. The monoisotopic (exact) mass is 260 g/mol. The van der Waals surface area contributed by atoms with Crippen LogP contribution in [-0.2, 0) is 11.3 Å². The first kappa shape index (κ1) is 14.1. The van der Waals surface area contributed by atoms with Gasteiger partial charge in [0, 0.05) is 31.9 Å². The van der Waals surface area contributed by atoms with E-state index >= 15 is 0 Å². The number of morpholine rings is 1. The molecule has 0 saturated carbocycles. The Morgan fingerprint density at radius 3 is 2.53 bits per heavy atom.